The van der Waals surface area contributed by atoms with Gasteiger partial charge in [0.25, 0.3) is 5.91 Å². The number of hydrogen-bond acceptors (Lipinski definition) is 4. The Kier molecular flexibility index (Phi) is 4.71. The monoisotopic (exact) mass is 348 g/mol. The number of carbonyl (C=O) groups is 3. The Morgan fingerprint density at radius 1 is 1.21 bits per heavy atom. The van der Waals surface area contributed by atoms with E-state index in [9.17, 15) is 19.5 Å². The van der Waals surface area contributed by atoms with Crippen LogP contribution in [0.15, 0.2) is 23.6 Å². The lowest BCUT2D eigenvalue weighted by molar-refractivity contribution is -0.148. The van der Waals surface area contributed by atoms with E-state index in [0.29, 0.717) is 12.0 Å². The number of aliphatic carboxylic acids is 1. The van der Waals surface area contributed by atoms with Crippen molar-refractivity contribution < 1.29 is 19.5 Å². The molecule has 4 atom stereocenters. The minimum Gasteiger partial charge on any atom is -0.481 e. The second-order valence-electron chi connectivity index (χ2n) is 6.33. The standard InChI is InChI=1S/C17H20N2O4S/c1-2-3-12-7-11(8-24-12)15(20)18-19-16(21)13-9-4-5-10(6-9)14(13)17(22)23/h4-5,7-10,13-14H,2-3,6H2,1H3,(H,18,20)(H,19,21)(H,22,23)/t9-,10+,13-,14+/m1/s1. The van der Waals surface area contributed by atoms with Crippen LogP contribution in [0.3, 0.4) is 0 Å². The number of carboxylic acids is 1. The van der Waals surface area contributed by atoms with Crippen molar-refractivity contribution in [1.29, 1.82) is 0 Å². The third kappa shape index (κ3) is 3.08. The molecule has 1 heterocycles. The van der Waals surface area contributed by atoms with Crippen molar-refractivity contribution in [1.82, 2.24) is 10.9 Å². The molecule has 2 aliphatic rings. The average molecular weight is 348 g/mol. The van der Waals surface area contributed by atoms with Crippen molar-refractivity contribution in [3.63, 3.8) is 0 Å². The Hall–Kier alpha value is -2.15. The number of rotatable bonds is 5. The van der Waals surface area contributed by atoms with Gasteiger partial charge in [-0.3, -0.25) is 25.2 Å². The van der Waals surface area contributed by atoms with Gasteiger partial charge in [-0.2, -0.15) is 0 Å². The molecule has 0 aliphatic heterocycles. The summed E-state index contributed by atoms with van der Waals surface area (Å²) in [5.74, 6) is -3.27. The van der Waals surface area contributed by atoms with Crippen molar-refractivity contribution in [3.05, 3.63) is 34.0 Å². The Labute approximate surface area is 143 Å². The first kappa shape index (κ1) is 16.7. The van der Waals surface area contributed by atoms with Crippen LogP contribution in [0.5, 0.6) is 0 Å². The number of hydrogen-bond donors (Lipinski definition) is 3. The molecular weight excluding hydrogens is 328 g/mol. The summed E-state index contributed by atoms with van der Waals surface area (Å²) < 4.78 is 0. The maximum Gasteiger partial charge on any atom is 0.307 e. The maximum atomic E-state index is 12.4. The number of allylic oxidation sites excluding steroid dienone is 2. The molecule has 3 N–H and O–H groups in total. The zero-order valence-corrected chi connectivity index (χ0v) is 14.1. The molecule has 0 saturated heterocycles. The molecule has 1 saturated carbocycles. The van der Waals surface area contributed by atoms with Gasteiger partial charge in [-0.05, 0) is 30.7 Å². The van der Waals surface area contributed by atoms with E-state index >= 15 is 0 Å². The molecule has 2 amide bonds. The first-order chi connectivity index (χ1) is 11.5. The van der Waals surface area contributed by atoms with Gasteiger partial charge in [-0.25, -0.2) is 0 Å². The molecule has 6 nitrogen and oxygen atoms in total. The van der Waals surface area contributed by atoms with Crippen molar-refractivity contribution in [2.45, 2.75) is 26.2 Å². The smallest absolute Gasteiger partial charge is 0.307 e. The molecule has 2 aliphatic carbocycles. The first-order valence-electron chi connectivity index (χ1n) is 8.10. The normalized spacial score (nSPS) is 27.2. The van der Waals surface area contributed by atoms with Crippen LogP contribution in [0, 0.1) is 23.7 Å². The summed E-state index contributed by atoms with van der Waals surface area (Å²) in [6.45, 7) is 2.07. The van der Waals surface area contributed by atoms with Gasteiger partial charge in [0, 0.05) is 10.3 Å². The second kappa shape index (κ2) is 6.76. The van der Waals surface area contributed by atoms with Gasteiger partial charge in [0.1, 0.15) is 0 Å². The molecule has 2 bridgehead atoms. The van der Waals surface area contributed by atoms with E-state index in [1.54, 1.807) is 5.38 Å². The number of fused-ring (bicyclic) bond motifs is 2. The lowest BCUT2D eigenvalue weighted by atomic mass is 9.82. The van der Waals surface area contributed by atoms with E-state index in [4.69, 9.17) is 0 Å². The number of amides is 2. The summed E-state index contributed by atoms with van der Waals surface area (Å²) in [4.78, 5) is 37.0. The average Bonchev–Trinajstić information content (AvgIpc) is 3.27. The molecule has 7 heteroatoms. The Balaban J connectivity index is 1.59. The molecule has 1 aromatic rings. The number of aryl methyl sites for hydroxylation is 1. The van der Waals surface area contributed by atoms with Crippen LogP contribution >= 0.6 is 11.3 Å². The van der Waals surface area contributed by atoms with Gasteiger partial charge in [0.2, 0.25) is 5.91 Å². The summed E-state index contributed by atoms with van der Waals surface area (Å²) in [5.41, 5.74) is 5.31. The first-order valence-corrected chi connectivity index (χ1v) is 8.98. The Bertz CT molecular complexity index is 697. The van der Waals surface area contributed by atoms with Crippen molar-refractivity contribution in [2.75, 3.05) is 0 Å². The van der Waals surface area contributed by atoms with Gasteiger partial charge < -0.3 is 5.11 Å². The highest BCUT2D eigenvalue weighted by Gasteiger charge is 2.51. The largest absolute Gasteiger partial charge is 0.481 e. The number of hydrazine groups is 1. The second-order valence-corrected chi connectivity index (χ2v) is 7.33. The zero-order chi connectivity index (χ0) is 17.3. The molecular formula is C17H20N2O4S. The zero-order valence-electron chi connectivity index (χ0n) is 13.3. The molecule has 0 aromatic carbocycles. The molecule has 1 fully saturated rings. The number of carboxylic acid groups (broad SMARTS) is 1. The Morgan fingerprint density at radius 3 is 2.58 bits per heavy atom. The fraction of sp³-hybridized carbons (Fsp3) is 0.471. The van der Waals surface area contributed by atoms with Crippen LogP contribution < -0.4 is 10.9 Å². The molecule has 0 spiro atoms. The summed E-state index contributed by atoms with van der Waals surface area (Å²) in [6.07, 6.45) is 6.40. The predicted molar refractivity (Wildman–Crippen MR) is 89.3 cm³/mol. The SMILES string of the molecule is CCCc1cc(C(=O)NNC(=O)[C@H]2[C@@H](C(=O)O)[C@H]3C=C[C@@H]2C3)cs1. The summed E-state index contributed by atoms with van der Waals surface area (Å²) in [5, 5.41) is 11.1. The molecule has 1 aromatic heterocycles. The van der Waals surface area contributed by atoms with Gasteiger partial charge in [-0.15, -0.1) is 11.3 Å². The minimum atomic E-state index is -0.958. The molecule has 24 heavy (non-hydrogen) atoms. The quantitative estimate of drug-likeness (QED) is 0.560. The topological polar surface area (TPSA) is 95.5 Å². The molecule has 3 rings (SSSR count). The molecule has 0 radical (unpaired) electrons. The predicted octanol–water partition coefficient (Wildman–Crippen LogP) is 1.98. The van der Waals surface area contributed by atoms with E-state index in [-0.39, 0.29) is 17.7 Å². The van der Waals surface area contributed by atoms with E-state index in [2.05, 4.69) is 17.8 Å². The highest BCUT2D eigenvalue weighted by Crippen LogP contribution is 2.48. The van der Waals surface area contributed by atoms with Crippen molar-refractivity contribution in [2.24, 2.45) is 23.7 Å². The molecule has 128 valence electrons. The molecule has 0 unspecified atom stereocenters. The van der Waals surface area contributed by atoms with Gasteiger partial charge in [-0.1, -0.05) is 25.5 Å². The summed E-state index contributed by atoms with van der Waals surface area (Å²) >= 11 is 1.52. The summed E-state index contributed by atoms with van der Waals surface area (Å²) in [6, 6.07) is 1.82. The lowest BCUT2D eigenvalue weighted by Gasteiger charge is -2.23. The van der Waals surface area contributed by atoms with E-state index in [1.807, 2.05) is 18.2 Å². The summed E-state index contributed by atoms with van der Waals surface area (Å²) in [7, 11) is 0. The number of nitrogens with one attached hydrogen (secondary N) is 2. The highest BCUT2D eigenvalue weighted by atomic mass is 32.1. The van der Waals surface area contributed by atoms with Crippen LogP contribution in [0.4, 0.5) is 0 Å². The van der Waals surface area contributed by atoms with Crippen LogP contribution in [0.1, 0.15) is 35.0 Å². The van der Waals surface area contributed by atoms with Crippen molar-refractivity contribution in [3.8, 4) is 0 Å². The van der Waals surface area contributed by atoms with Crippen LogP contribution in [0.2, 0.25) is 0 Å². The van der Waals surface area contributed by atoms with Crippen molar-refractivity contribution >= 4 is 29.1 Å². The lowest BCUT2D eigenvalue weighted by Crippen LogP contribution is -2.48. The minimum absolute atomic E-state index is 0.0645. The van der Waals surface area contributed by atoms with Gasteiger partial charge in [0.15, 0.2) is 0 Å². The van der Waals surface area contributed by atoms with Crippen LogP contribution in [0.25, 0.3) is 0 Å². The van der Waals surface area contributed by atoms with E-state index < -0.39 is 23.7 Å². The van der Waals surface area contributed by atoms with Gasteiger partial charge in [0.05, 0.1) is 17.4 Å². The van der Waals surface area contributed by atoms with E-state index in [0.717, 1.165) is 17.7 Å². The van der Waals surface area contributed by atoms with E-state index in [1.165, 1.54) is 11.3 Å². The van der Waals surface area contributed by atoms with Crippen LogP contribution in [-0.4, -0.2) is 22.9 Å². The number of carbonyl (C=O) groups excluding carboxylic acids is 2. The van der Waals surface area contributed by atoms with Gasteiger partial charge >= 0.3 is 5.97 Å². The third-order valence-corrected chi connectivity index (χ3v) is 5.76. The third-order valence-electron chi connectivity index (χ3n) is 4.76. The Morgan fingerprint density at radius 2 is 1.92 bits per heavy atom. The maximum absolute atomic E-state index is 12.4. The number of thiophene rings is 1. The highest BCUT2D eigenvalue weighted by molar-refractivity contribution is 7.10. The fourth-order valence-electron chi connectivity index (χ4n) is 3.67. The fourth-order valence-corrected chi connectivity index (χ4v) is 4.64. The van der Waals surface area contributed by atoms with Crippen LogP contribution in [-0.2, 0) is 16.0 Å².